The number of hydrogen-bond acceptors (Lipinski definition) is 3. The molecule has 1 saturated heterocycles. The van der Waals surface area contributed by atoms with Gasteiger partial charge in [-0.1, -0.05) is 0 Å². The zero-order chi connectivity index (χ0) is 13.2. The summed E-state index contributed by atoms with van der Waals surface area (Å²) in [6.07, 6.45) is 7.33. The lowest BCUT2D eigenvalue weighted by atomic mass is 9.92. The molecule has 5 heteroatoms. The summed E-state index contributed by atoms with van der Waals surface area (Å²) in [6.45, 7) is 2.77. The Morgan fingerprint density at radius 2 is 2.11 bits per heavy atom. The summed E-state index contributed by atoms with van der Waals surface area (Å²) >= 11 is 0. The molecule has 19 heavy (non-hydrogen) atoms. The Hall–Kier alpha value is -1.36. The lowest BCUT2D eigenvalue weighted by Crippen LogP contribution is -2.44. The van der Waals surface area contributed by atoms with E-state index in [9.17, 15) is 4.79 Å². The fourth-order valence-corrected chi connectivity index (χ4v) is 3.17. The van der Waals surface area contributed by atoms with E-state index >= 15 is 0 Å². The molecule has 0 saturated carbocycles. The molecule has 1 fully saturated rings. The maximum atomic E-state index is 12.5. The first-order valence-electron chi connectivity index (χ1n) is 7.16. The third kappa shape index (κ3) is 2.52. The Bertz CT molecular complexity index is 449. The second-order valence-electron chi connectivity index (χ2n) is 5.72. The van der Waals surface area contributed by atoms with Crippen molar-refractivity contribution >= 4 is 5.91 Å². The molecular weight excluding hydrogens is 242 g/mol. The number of amides is 1. The van der Waals surface area contributed by atoms with Crippen LogP contribution in [0.5, 0.6) is 0 Å². The second-order valence-corrected chi connectivity index (χ2v) is 5.72. The van der Waals surface area contributed by atoms with E-state index in [-0.39, 0.29) is 12.5 Å². The molecule has 1 unspecified atom stereocenters. The largest absolute Gasteiger partial charge is 0.396 e. The third-order valence-corrected chi connectivity index (χ3v) is 4.51. The predicted octanol–water partition coefficient (Wildman–Crippen LogP) is 0.676. The van der Waals surface area contributed by atoms with Crippen molar-refractivity contribution in [2.75, 3.05) is 19.7 Å². The van der Waals surface area contributed by atoms with Gasteiger partial charge in [-0.2, -0.15) is 0 Å². The highest BCUT2D eigenvalue weighted by molar-refractivity contribution is 5.79. The van der Waals surface area contributed by atoms with Gasteiger partial charge < -0.3 is 14.6 Å². The predicted molar refractivity (Wildman–Crippen MR) is 70.4 cm³/mol. The Morgan fingerprint density at radius 1 is 1.32 bits per heavy atom. The monoisotopic (exact) mass is 263 g/mol. The Morgan fingerprint density at radius 3 is 2.84 bits per heavy atom. The first-order valence-corrected chi connectivity index (χ1v) is 7.16. The van der Waals surface area contributed by atoms with Crippen LogP contribution in [0.2, 0.25) is 0 Å². The summed E-state index contributed by atoms with van der Waals surface area (Å²) in [4.78, 5) is 18.6. The molecule has 2 aliphatic rings. The number of rotatable bonds is 2. The number of fused-ring (bicyclic) bond motifs is 1. The van der Waals surface area contributed by atoms with Crippen LogP contribution in [0.3, 0.4) is 0 Å². The molecule has 3 heterocycles. The third-order valence-electron chi connectivity index (χ3n) is 4.51. The standard InChI is InChI=1S/C14H21N3O2/c18-9-11-1-4-16(5-2-11)14(19)12-3-6-17-10-15-8-13(17)7-12/h8,10-12,18H,1-7,9H2. The summed E-state index contributed by atoms with van der Waals surface area (Å²) in [5.74, 6) is 0.801. The number of carbonyl (C=O) groups excluding carboxylic acids is 1. The summed E-state index contributed by atoms with van der Waals surface area (Å²) < 4.78 is 2.14. The van der Waals surface area contributed by atoms with Crippen molar-refractivity contribution in [1.82, 2.24) is 14.5 Å². The maximum Gasteiger partial charge on any atom is 0.226 e. The van der Waals surface area contributed by atoms with Crippen molar-refractivity contribution in [2.45, 2.75) is 32.2 Å². The summed E-state index contributed by atoms with van der Waals surface area (Å²) in [7, 11) is 0. The number of aromatic nitrogens is 2. The summed E-state index contributed by atoms with van der Waals surface area (Å²) in [6, 6.07) is 0. The normalized spacial score (nSPS) is 24.3. The highest BCUT2D eigenvalue weighted by Crippen LogP contribution is 2.24. The van der Waals surface area contributed by atoms with Gasteiger partial charge in [0.1, 0.15) is 0 Å². The fourth-order valence-electron chi connectivity index (χ4n) is 3.17. The van der Waals surface area contributed by atoms with E-state index < -0.39 is 0 Å². The molecule has 1 aromatic rings. The highest BCUT2D eigenvalue weighted by Gasteiger charge is 2.30. The topological polar surface area (TPSA) is 58.4 Å². The molecule has 5 nitrogen and oxygen atoms in total. The SMILES string of the molecule is O=C(C1CCn2cncc2C1)N1CCC(CO)CC1. The van der Waals surface area contributed by atoms with Crippen molar-refractivity contribution in [3.05, 3.63) is 18.2 Å². The first kappa shape index (κ1) is 12.7. The number of imidazole rings is 1. The molecule has 1 amide bonds. The van der Waals surface area contributed by atoms with Crippen molar-refractivity contribution < 1.29 is 9.90 Å². The Kier molecular flexibility index (Phi) is 3.55. The van der Waals surface area contributed by atoms with Gasteiger partial charge in [-0.3, -0.25) is 4.79 Å². The van der Waals surface area contributed by atoms with Crippen molar-refractivity contribution in [3.8, 4) is 0 Å². The van der Waals surface area contributed by atoms with Gasteiger partial charge in [0.15, 0.2) is 0 Å². The lowest BCUT2D eigenvalue weighted by Gasteiger charge is -2.34. The fraction of sp³-hybridized carbons (Fsp3) is 0.714. The molecule has 2 aliphatic heterocycles. The van der Waals surface area contributed by atoms with Gasteiger partial charge in [-0.05, 0) is 25.2 Å². The molecule has 1 atom stereocenters. The molecule has 1 N–H and O–H groups in total. The number of piperidine rings is 1. The molecule has 0 bridgehead atoms. The number of nitrogens with zero attached hydrogens (tertiary/aromatic N) is 3. The Labute approximate surface area is 113 Å². The van der Waals surface area contributed by atoms with Crippen LogP contribution in [0, 0.1) is 11.8 Å². The van der Waals surface area contributed by atoms with E-state index in [4.69, 9.17) is 5.11 Å². The van der Waals surface area contributed by atoms with E-state index in [1.54, 1.807) is 0 Å². The maximum absolute atomic E-state index is 12.5. The van der Waals surface area contributed by atoms with Gasteiger partial charge in [0.25, 0.3) is 0 Å². The molecule has 0 radical (unpaired) electrons. The van der Waals surface area contributed by atoms with Gasteiger partial charge in [0, 0.05) is 50.5 Å². The van der Waals surface area contributed by atoms with E-state index in [0.29, 0.717) is 11.8 Å². The molecule has 1 aromatic heterocycles. The molecule has 3 rings (SSSR count). The number of aliphatic hydroxyl groups is 1. The highest BCUT2D eigenvalue weighted by atomic mass is 16.3. The zero-order valence-corrected chi connectivity index (χ0v) is 11.2. The van der Waals surface area contributed by atoms with Crippen molar-refractivity contribution in [3.63, 3.8) is 0 Å². The van der Waals surface area contributed by atoms with E-state index in [1.807, 2.05) is 17.4 Å². The Balaban J connectivity index is 1.60. The number of carbonyl (C=O) groups is 1. The van der Waals surface area contributed by atoms with Crippen LogP contribution in [0.25, 0.3) is 0 Å². The van der Waals surface area contributed by atoms with Crippen molar-refractivity contribution in [1.29, 1.82) is 0 Å². The minimum Gasteiger partial charge on any atom is -0.396 e. The summed E-state index contributed by atoms with van der Waals surface area (Å²) in [5.41, 5.74) is 1.18. The summed E-state index contributed by atoms with van der Waals surface area (Å²) in [5, 5.41) is 9.14. The average Bonchev–Trinajstić information content (AvgIpc) is 2.94. The van der Waals surface area contributed by atoms with Crippen LogP contribution in [0.4, 0.5) is 0 Å². The van der Waals surface area contributed by atoms with Crippen LogP contribution >= 0.6 is 0 Å². The van der Waals surface area contributed by atoms with E-state index in [1.165, 1.54) is 5.69 Å². The van der Waals surface area contributed by atoms with Gasteiger partial charge in [0.05, 0.1) is 6.33 Å². The molecule has 104 valence electrons. The van der Waals surface area contributed by atoms with Gasteiger partial charge in [-0.25, -0.2) is 4.98 Å². The molecule has 0 spiro atoms. The minimum absolute atomic E-state index is 0.120. The van der Waals surface area contributed by atoms with Gasteiger partial charge >= 0.3 is 0 Å². The van der Waals surface area contributed by atoms with Crippen LogP contribution in [-0.2, 0) is 17.8 Å². The minimum atomic E-state index is 0.120. The first-order chi connectivity index (χ1) is 9.28. The number of likely N-dealkylation sites (tertiary alicyclic amines) is 1. The zero-order valence-electron chi connectivity index (χ0n) is 11.2. The molecule has 0 aliphatic carbocycles. The quantitative estimate of drug-likeness (QED) is 0.853. The van der Waals surface area contributed by atoms with Gasteiger partial charge in [0.2, 0.25) is 5.91 Å². The van der Waals surface area contributed by atoms with E-state index in [2.05, 4.69) is 9.55 Å². The molecule has 0 aromatic carbocycles. The van der Waals surface area contributed by atoms with Crippen LogP contribution in [0.1, 0.15) is 25.0 Å². The number of hydrogen-bond donors (Lipinski definition) is 1. The average molecular weight is 263 g/mol. The molecular formula is C14H21N3O2. The van der Waals surface area contributed by atoms with Crippen LogP contribution in [0.15, 0.2) is 12.5 Å². The lowest BCUT2D eigenvalue weighted by molar-refractivity contribution is -0.137. The van der Waals surface area contributed by atoms with E-state index in [0.717, 1.165) is 45.3 Å². The van der Waals surface area contributed by atoms with Crippen LogP contribution in [-0.4, -0.2) is 45.2 Å². The van der Waals surface area contributed by atoms with Crippen molar-refractivity contribution in [2.24, 2.45) is 11.8 Å². The number of aryl methyl sites for hydroxylation is 1. The number of aliphatic hydroxyl groups excluding tert-OH is 1. The second kappa shape index (κ2) is 5.33. The van der Waals surface area contributed by atoms with Gasteiger partial charge in [-0.15, -0.1) is 0 Å². The van der Waals surface area contributed by atoms with Crippen LogP contribution < -0.4 is 0 Å². The smallest absolute Gasteiger partial charge is 0.226 e.